The lowest BCUT2D eigenvalue weighted by Gasteiger charge is -2.15. The van der Waals surface area contributed by atoms with Gasteiger partial charge in [-0.2, -0.15) is 10.1 Å². The fourth-order valence-corrected chi connectivity index (χ4v) is 2.83. The van der Waals surface area contributed by atoms with Gasteiger partial charge in [-0.1, -0.05) is 6.07 Å². The number of hydrazone groups is 1. The van der Waals surface area contributed by atoms with Gasteiger partial charge in [0.05, 0.1) is 25.0 Å². The van der Waals surface area contributed by atoms with E-state index >= 15 is 0 Å². The van der Waals surface area contributed by atoms with Crippen LogP contribution < -0.4 is 14.5 Å². The van der Waals surface area contributed by atoms with Crippen LogP contribution in [-0.4, -0.2) is 25.3 Å². The zero-order valence-electron chi connectivity index (χ0n) is 16.0. The second-order valence-electron chi connectivity index (χ2n) is 6.12. The standard InChI is InChI=1S/C20H15F5N2O3/c1-4-30-12-6-5-10(8-13(12)29-3)7-11-9(2)26-27(20(11)28)19-17(24)15(22)14(21)16(23)18(19)25/h5-8H,4H2,1-3H3/b11-7-. The molecule has 30 heavy (non-hydrogen) atoms. The first-order valence-corrected chi connectivity index (χ1v) is 8.65. The molecule has 0 radical (unpaired) electrons. The molecule has 0 spiro atoms. The molecule has 0 aliphatic carbocycles. The Labute approximate surface area is 168 Å². The van der Waals surface area contributed by atoms with Crippen LogP contribution >= 0.6 is 0 Å². The summed E-state index contributed by atoms with van der Waals surface area (Å²) < 4.78 is 79.1. The highest BCUT2D eigenvalue weighted by atomic mass is 19.2. The van der Waals surface area contributed by atoms with Crippen molar-refractivity contribution in [2.75, 3.05) is 18.7 Å². The van der Waals surface area contributed by atoms with Crippen molar-refractivity contribution in [1.82, 2.24) is 0 Å². The number of anilines is 1. The fraction of sp³-hybridized carbons (Fsp3) is 0.200. The van der Waals surface area contributed by atoms with E-state index < -0.39 is 40.7 Å². The number of carbonyl (C=O) groups excluding carboxylic acids is 1. The number of methoxy groups -OCH3 is 1. The van der Waals surface area contributed by atoms with E-state index in [0.717, 1.165) is 0 Å². The van der Waals surface area contributed by atoms with Crippen molar-refractivity contribution in [2.45, 2.75) is 13.8 Å². The number of benzene rings is 2. The summed E-state index contributed by atoms with van der Waals surface area (Å²) in [5.41, 5.74) is -1.04. The van der Waals surface area contributed by atoms with Crippen molar-refractivity contribution in [3.8, 4) is 11.5 Å². The number of halogens is 5. The summed E-state index contributed by atoms with van der Waals surface area (Å²) in [4.78, 5) is 12.7. The predicted octanol–water partition coefficient (Wildman–Crippen LogP) is 4.60. The Morgan fingerprint density at radius 2 is 1.60 bits per heavy atom. The molecule has 2 aromatic rings. The number of amides is 1. The highest BCUT2D eigenvalue weighted by Crippen LogP contribution is 2.34. The first kappa shape index (κ1) is 21.3. The van der Waals surface area contributed by atoms with E-state index in [2.05, 4.69) is 5.10 Å². The molecule has 0 unspecified atom stereocenters. The SMILES string of the molecule is CCOc1ccc(/C=C2\C(=O)N(c3c(F)c(F)c(F)c(F)c3F)N=C2C)cc1OC. The molecule has 2 aromatic carbocycles. The van der Waals surface area contributed by atoms with Crippen LogP contribution in [0.2, 0.25) is 0 Å². The Hall–Kier alpha value is -3.43. The van der Waals surface area contributed by atoms with Gasteiger partial charge in [0.25, 0.3) is 5.91 Å². The maximum Gasteiger partial charge on any atom is 0.280 e. The highest BCUT2D eigenvalue weighted by Gasteiger charge is 2.37. The van der Waals surface area contributed by atoms with Gasteiger partial charge in [0.15, 0.2) is 34.8 Å². The third kappa shape index (κ3) is 3.49. The molecule has 0 fully saturated rings. The molecule has 1 aliphatic heterocycles. The second kappa shape index (κ2) is 8.13. The van der Waals surface area contributed by atoms with E-state index in [-0.39, 0.29) is 16.3 Å². The van der Waals surface area contributed by atoms with Gasteiger partial charge < -0.3 is 9.47 Å². The molecule has 1 aliphatic rings. The molecule has 5 nitrogen and oxygen atoms in total. The molecule has 0 N–H and O–H groups in total. The van der Waals surface area contributed by atoms with E-state index in [1.807, 2.05) is 0 Å². The van der Waals surface area contributed by atoms with Crippen molar-refractivity contribution >= 4 is 23.4 Å². The maximum atomic E-state index is 14.1. The Kier molecular flexibility index (Phi) is 5.77. The summed E-state index contributed by atoms with van der Waals surface area (Å²) in [6, 6.07) is 4.75. The molecule has 10 heteroatoms. The van der Waals surface area contributed by atoms with Crippen LogP contribution in [0.4, 0.5) is 27.6 Å². The number of rotatable bonds is 5. The molecule has 0 bridgehead atoms. The molecule has 0 saturated carbocycles. The average molecular weight is 426 g/mol. The first-order chi connectivity index (χ1) is 14.2. The number of nitrogens with zero attached hydrogens (tertiary/aromatic N) is 2. The summed E-state index contributed by atoms with van der Waals surface area (Å²) >= 11 is 0. The van der Waals surface area contributed by atoms with Crippen LogP contribution in [0.5, 0.6) is 11.5 Å². The average Bonchev–Trinajstić information content (AvgIpc) is 3.00. The molecule has 1 heterocycles. The smallest absolute Gasteiger partial charge is 0.280 e. The number of hydrogen-bond acceptors (Lipinski definition) is 4. The molecule has 0 aromatic heterocycles. The lowest BCUT2D eigenvalue weighted by atomic mass is 10.1. The van der Waals surface area contributed by atoms with Crippen molar-refractivity contribution in [2.24, 2.45) is 5.10 Å². The van der Waals surface area contributed by atoms with Gasteiger partial charge in [-0.05, 0) is 37.6 Å². The van der Waals surface area contributed by atoms with Crippen molar-refractivity contribution in [3.05, 3.63) is 58.4 Å². The zero-order chi connectivity index (χ0) is 22.2. The van der Waals surface area contributed by atoms with E-state index in [0.29, 0.717) is 23.7 Å². The summed E-state index contributed by atoms with van der Waals surface area (Å²) in [5, 5.41) is 3.84. The zero-order valence-corrected chi connectivity index (χ0v) is 16.0. The van der Waals surface area contributed by atoms with Crippen molar-refractivity contribution in [1.29, 1.82) is 0 Å². The maximum absolute atomic E-state index is 14.1. The van der Waals surface area contributed by atoms with Gasteiger partial charge in [-0.15, -0.1) is 0 Å². The minimum Gasteiger partial charge on any atom is -0.493 e. The van der Waals surface area contributed by atoms with Gasteiger partial charge in [-0.3, -0.25) is 4.79 Å². The largest absolute Gasteiger partial charge is 0.493 e. The number of hydrogen-bond donors (Lipinski definition) is 0. The highest BCUT2D eigenvalue weighted by molar-refractivity contribution is 6.32. The second-order valence-corrected chi connectivity index (χ2v) is 6.12. The van der Waals surface area contributed by atoms with Gasteiger partial charge in [0.1, 0.15) is 5.69 Å². The third-order valence-electron chi connectivity index (χ3n) is 4.26. The topological polar surface area (TPSA) is 51.1 Å². The van der Waals surface area contributed by atoms with Crippen LogP contribution in [0.25, 0.3) is 6.08 Å². The Morgan fingerprint density at radius 1 is 1.00 bits per heavy atom. The van der Waals surface area contributed by atoms with E-state index in [4.69, 9.17) is 9.47 Å². The first-order valence-electron chi connectivity index (χ1n) is 8.65. The predicted molar refractivity (Wildman–Crippen MR) is 99.0 cm³/mol. The third-order valence-corrected chi connectivity index (χ3v) is 4.26. The molecular formula is C20H15F5N2O3. The van der Waals surface area contributed by atoms with Crippen LogP contribution in [0.15, 0.2) is 28.9 Å². The lowest BCUT2D eigenvalue weighted by molar-refractivity contribution is -0.114. The Morgan fingerprint density at radius 3 is 2.17 bits per heavy atom. The lowest BCUT2D eigenvalue weighted by Crippen LogP contribution is -2.25. The van der Waals surface area contributed by atoms with Crippen LogP contribution in [0.1, 0.15) is 19.4 Å². The van der Waals surface area contributed by atoms with E-state index in [1.54, 1.807) is 25.1 Å². The van der Waals surface area contributed by atoms with Gasteiger partial charge in [0, 0.05) is 0 Å². The molecule has 158 valence electrons. The molecule has 0 saturated heterocycles. The Balaban J connectivity index is 2.04. The summed E-state index contributed by atoms with van der Waals surface area (Å²) in [6.45, 7) is 3.56. The van der Waals surface area contributed by atoms with Gasteiger partial charge in [-0.25, -0.2) is 22.0 Å². The molecular weight excluding hydrogens is 411 g/mol. The van der Waals surface area contributed by atoms with Gasteiger partial charge in [0.2, 0.25) is 5.82 Å². The summed E-state index contributed by atoms with van der Waals surface area (Å²) in [7, 11) is 1.42. The normalized spacial score (nSPS) is 15.1. The minimum atomic E-state index is -2.32. The summed E-state index contributed by atoms with van der Waals surface area (Å²) in [6.07, 6.45) is 1.35. The minimum absolute atomic E-state index is 0.0248. The number of carbonyl (C=O) groups is 1. The van der Waals surface area contributed by atoms with E-state index in [9.17, 15) is 26.7 Å². The quantitative estimate of drug-likeness (QED) is 0.304. The fourth-order valence-electron chi connectivity index (χ4n) is 2.83. The van der Waals surface area contributed by atoms with E-state index in [1.165, 1.54) is 20.1 Å². The van der Waals surface area contributed by atoms with Gasteiger partial charge >= 0.3 is 0 Å². The monoisotopic (exact) mass is 426 g/mol. The molecule has 0 atom stereocenters. The van der Waals surface area contributed by atoms with Crippen LogP contribution in [-0.2, 0) is 4.79 Å². The van der Waals surface area contributed by atoms with Crippen molar-refractivity contribution < 1.29 is 36.2 Å². The van der Waals surface area contributed by atoms with Crippen molar-refractivity contribution in [3.63, 3.8) is 0 Å². The molecule has 1 amide bonds. The molecule has 3 rings (SSSR count). The van der Waals surface area contributed by atoms with Crippen LogP contribution in [0, 0.1) is 29.1 Å². The Bertz CT molecular complexity index is 1070. The number of ether oxygens (including phenoxy) is 2. The summed E-state index contributed by atoms with van der Waals surface area (Å²) in [5.74, 6) is -11.2. The van der Waals surface area contributed by atoms with Crippen LogP contribution in [0.3, 0.4) is 0 Å².